The van der Waals surface area contributed by atoms with E-state index in [9.17, 15) is 4.79 Å². The fourth-order valence-electron chi connectivity index (χ4n) is 1.67. The van der Waals surface area contributed by atoms with Gasteiger partial charge in [-0.3, -0.25) is 4.79 Å². The zero-order chi connectivity index (χ0) is 13.8. The topological polar surface area (TPSA) is 29.5 Å². The number of rotatable bonds is 4. The summed E-state index contributed by atoms with van der Waals surface area (Å²) in [5, 5.41) is 0.698. The van der Waals surface area contributed by atoms with Gasteiger partial charge in [-0.25, -0.2) is 0 Å². The van der Waals surface area contributed by atoms with Gasteiger partial charge >= 0.3 is 0 Å². The Balaban J connectivity index is 2.85. The lowest BCUT2D eigenvalue weighted by molar-refractivity contribution is -0.140. The van der Waals surface area contributed by atoms with Gasteiger partial charge < -0.3 is 9.64 Å². The van der Waals surface area contributed by atoms with Crippen LogP contribution in [-0.4, -0.2) is 30.1 Å². The van der Waals surface area contributed by atoms with Gasteiger partial charge in [0.25, 0.3) is 0 Å². The molecule has 0 spiro atoms. The Morgan fingerprint density at radius 2 is 1.83 bits per heavy atom. The molecule has 0 bridgehead atoms. The Kier molecular flexibility index (Phi) is 5.17. The molecule has 3 nitrogen and oxygen atoms in total. The molecule has 0 aliphatic rings. The summed E-state index contributed by atoms with van der Waals surface area (Å²) < 4.78 is 4.92. The second kappa shape index (κ2) is 6.21. The molecular formula is C14H20ClNO2. The summed E-state index contributed by atoms with van der Waals surface area (Å²) in [6.45, 7) is 6.69. The molecule has 0 saturated heterocycles. The molecule has 0 aliphatic heterocycles. The third kappa shape index (κ3) is 4.31. The van der Waals surface area contributed by atoms with Crippen molar-refractivity contribution in [1.29, 1.82) is 0 Å². The van der Waals surface area contributed by atoms with E-state index in [4.69, 9.17) is 16.3 Å². The van der Waals surface area contributed by atoms with Crippen molar-refractivity contribution in [2.24, 2.45) is 0 Å². The Morgan fingerprint density at radius 3 is 2.28 bits per heavy atom. The number of hydrogen-bond donors (Lipinski definition) is 0. The zero-order valence-corrected chi connectivity index (χ0v) is 12.1. The van der Waals surface area contributed by atoms with Crippen LogP contribution in [0, 0.1) is 0 Å². The van der Waals surface area contributed by atoms with E-state index in [2.05, 4.69) is 0 Å². The number of amides is 1. The van der Waals surface area contributed by atoms with Crippen molar-refractivity contribution >= 4 is 17.5 Å². The number of hydrogen-bond acceptors (Lipinski definition) is 2. The molecule has 0 aliphatic carbocycles. The van der Waals surface area contributed by atoms with Crippen LogP contribution >= 0.6 is 11.6 Å². The van der Waals surface area contributed by atoms with Gasteiger partial charge in [0.05, 0.1) is 0 Å². The van der Waals surface area contributed by atoms with E-state index < -0.39 is 0 Å². The first-order chi connectivity index (χ1) is 8.34. The van der Waals surface area contributed by atoms with Gasteiger partial charge in [-0.2, -0.15) is 0 Å². The second-order valence-electron chi connectivity index (χ2n) is 5.21. The highest BCUT2D eigenvalue weighted by atomic mass is 35.5. The maximum absolute atomic E-state index is 12.0. The largest absolute Gasteiger partial charge is 0.375 e. The third-order valence-corrected chi connectivity index (χ3v) is 2.88. The van der Waals surface area contributed by atoms with Gasteiger partial charge in [0, 0.05) is 24.2 Å². The van der Waals surface area contributed by atoms with Crippen molar-refractivity contribution in [2.45, 2.75) is 32.9 Å². The first-order valence-corrected chi connectivity index (χ1v) is 6.26. The highest BCUT2D eigenvalue weighted by Gasteiger charge is 2.26. The maximum atomic E-state index is 12.0. The molecule has 0 atom stereocenters. The highest BCUT2D eigenvalue weighted by Crippen LogP contribution is 2.19. The van der Waals surface area contributed by atoms with Crippen molar-refractivity contribution in [2.75, 3.05) is 13.7 Å². The number of halogens is 1. The van der Waals surface area contributed by atoms with Crippen LogP contribution in [-0.2, 0) is 16.1 Å². The number of carbonyl (C=O) groups excluding carboxylic acids is 1. The summed E-state index contributed by atoms with van der Waals surface area (Å²) in [6, 6.07) is 7.53. The Labute approximate surface area is 114 Å². The average molecular weight is 270 g/mol. The van der Waals surface area contributed by atoms with E-state index in [0.717, 1.165) is 5.56 Å². The van der Waals surface area contributed by atoms with E-state index >= 15 is 0 Å². The van der Waals surface area contributed by atoms with Crippen LogP contribution in [0.4, 0.5) is 0 Å². The summed E-state index contributed by atoms with van der Waals surface area (Å²) in [6.07, 6.45) is 0. The minimum Gasteiger partial charge on any atom is -0.375 e. The second-order valence-corrected chi connectivity index (χ2v) is 5.65. The molecule has 1 amide bonds. The number of nitrogens with zero attached hydrogens (tertiary/aromatic N) is 1. The fourth-order valence-corrected chi connectivity index (χ4v) is 1.80. The fraction of sp³-hybridized carbons (Fsp3) is 0.500. The molecule has 0 radical (unpaired) electrons. The number of methoxy groups -OCH3 is 1. The van der Waals surface area contributed by atoms with E-state index in [-0.39, 0.29) is 18.1 Å². The smallest absolute Gasteiger partial charge is 0.249 e. The first kappa shape index (κ1) is 15.0. The Hall–Kier alpha value is -1.06. The van der Waals surface area contributed by atoms with E-state index in [1.165, 1.54) is 7.11 Å². The van der Waals surface area contributed by atoms with Crippen molar-refractivity contribution < 1.29 is 9.53 Å². The number of benzene rings is 1. The number of carbonyl (C=O) groups is 1. The molecule has 4 heteroatoms. The summed E-state index contributed by atoms with van der Waals surface area (Å²) in [5.41, 5.74) is 0.814. The predicted molar refractivity (Wildman–Crippen MR) is 73.6 cm³/mol. The van der Waals surface area contributed by atoms with Crippen LogP contribution < -0.4 is 0 Å². The van der Waals surface area contributed by atoms with E-state index in [1.807, 2.05) is 45.0 Å². The van der Waals surface area contributed by atoms with Crippen molar-refractivity contribution in [3.63, 3.8) is 0 Å². The van der Waals surface area contributed by atoms with Crippen LogP contribution in [0.25, 0.3) is 0 Å². The Morgan fingerprint density at radius 1 is 1.28 bits per heavy atom. The standard InChI is InChI=1S/C14H20ClNO2/c1-14(2,3)16(13(17)10-18-4)9-11-5-7-12(15)8-6-11/h5-8H,9-10H2,1-4H3. The highest BCUT2D eigenvalue weighted by molar-refractivity contribution is 6.30. The predicted octanol–water partition coefficient (Wildman–Crippen LogP) is 3.11. The molecule has 18 heavy (non-hydrogen) atoms. The van der Waals surface area contributed by atoms with Crippen LogP contribution in [0.2, 0.25) is 5.02 Å². The molecule has 0 N–H and O–H groups in total. The summed E-state index contributed by atoms with van der Waals surface area (Å²) in [4.78, 5) is 13.8. The Bertz CT molecular complexity index is 395. The molecule has 0 unspecified atom stereocenters. The van der Waals surface area contributed by atoms with Gasteiger partial charge in [-0.15, -0.1) is 0 Å². The lowest BCUT2D eigenvalue weighted by Crippen LogP contribution is -2.46. The molecule has 1 aromatic rings. The summed E-state index contributed by atoms with van der Waals surface area (Å²) >= 11 is 5.85. The van der Waals surface area contributed by atoms with Crippen molar-refractivity contribution in [3.05, 3.63) is 34.9 Å². The molecule has 0 saturated carbocycles. The maximum Gasteiger partial charge on any atom is 0.249 e. The van der Waals surface area contributed by atoms with Gasteiger partial charge in [0.15, 0.2) is 0 Å². The zero-order valence-electron chi connectivity index (χ0n) is 11.4. The molecule has 100 valence electrons. The molecular weight excluding hydrogens is 250 g/mol. The molecule has 1 aromatic carbocycles. The third-order valence-electron chi connectivity index (χ3n) is 2.63. The van der Waals surface area contributed by atoms with Crippen molar-refractivity contribution in [1.82, 2.24) is 4.90 Å². The molecule has 0 heterocycles. The van der Waals surface area contributed by atoms with Gasteiger partial charge in [-0.1, -0.05) is 23.7 Å². The van der Waals surface area contributed by atoms with Gasteiger partial charge in [0.2, 0.25) is 5.91 Å². The molecule has 0 aromatic heterocycles. The van der Waals surface area contributed by atoms with Crippen LogP contribution in [0.15, 0.2) is 24.3 Å². The van der Waals surface area contributed by atoms with Gasteiger partial charge in [0.1, 0.15) is 6.61 Å². The first-order valence-electron chi connectivity index (χ1n) is 5.88. The van der Waals surface area contributed by atoms with Crippen LogP contribution in [0.1, 0.15) is 26.3 Å². The summed E-state index contributed by atoms with van der Waals surface area (Å²) in [5.74, 6) is -0.0139. The van der Waals surface area contributed by atoms with Crippen molar-refractivity contribution in [3.8, 4) is 0 Å². The quantitative estimate of drug-likeness (QED) is 0.841. The lowest BCUT2D eigenvalue weighted by atomic mass is 10.0. The molecule has 0 fully saturated rings. The van der Waals surface area contributed by atoms with Crippen LogP contribution in [0.5, 0.6) is 0 Å². The normalized spacial score (nSPS) is 11.4. The summed E-state index contributed by atoms with van der Waals surface area (Å²) in [7, 11) is 1.53. The average Bonchev–Trinajstić information content (AvgIpc) is 2.26. The minimum atomic E-state index is -0.241. The minimum absolute atomic E-state index is 0.0139. The van der Waals surface area contributed by atoms with E-state index in [0.29, 0.717) is 11.6 Å². The van der Waals surface area contributed by atoms with E-state index in [1.54, 1.807) is 4.90 Å². The van der Waals surface area contributed by atoms with Gasteiger partial charge in [-0.05, 0) is 38.5 Å². The SMILES string of the molecule is COCC(=O)N(Cc1ccc(Cl)cc1)C(C)(C)C. The van der Waals surface area contributed by atoms with Crippen LogP contribution in [0.3, 0.4) is 0 Å². The number of ether oxygens (including phenoxy) is 1. The molecule has 1 rings (SSSR count). The monoisotopic (exact) mass is 269 g/mol. The lowest BCUT2D eigenvalue weighted by Gasteiger charge is -2.35.